The van der Waals surface area contributed by atoms with Crippen molar-refractivity contribution in [3.63, 3.8) is 0 Å². The Morgan fingerprint density at radius 3 is 2.64 bits per heavy atom. The Kier molecular flexibility index (Phi) is 4.82. The number of ketones is 1. The van der Waals surface area contributed by atoms with Crippen LogP contribution in [0.3, 0.4) is 0 Å². The summed E-state index contributed by atoms with van der Waals surface area (Å²) in [6.07, 6.45) is 1.15. The molecule has 1 nitrogen and oxygen atoms in total. The molecule has 0 saturated carbocycles. The van der Waals surface area contributed by atoms with Crippen LogP contribution in [0.15, 0.2) is 30.3 Å². The molecule has 1 aromatic carbocycles. The van der Waals surface area contributed by atoms with Gasteiger partial charge < -0.3 is 0 Å². The predicted molar refractivity (Wildman–Crippen MR) is 58.3 cm³/mol. The van der Waals surface area contributed by atoms with Crippen molar-refractivity contribution in [3.05, 3.63) is 35.9 Å². The van der Waals surface area contributed by atoms with Gasteiger partial charge in [-0.05, 0) is 24.5 Å². The first-order chi connectivity index (χ1) is 6.83. The zero-order valence-corrected chi connectivity index (χ0v) is 8.55. The van der Waals surface area contributed by atoms with Crippen molar-refractivity contribution in [1.82, 2.24) is 0 Å². The number of rotatable bonds is 3. The zero-order chi connectivity index (χ0) is 10.2. The maximum atomic E-state index is 11.1. The largest absolute Gasteiger partial charge is 0.285 e. The maximum absolute atomic E-state index is 11.1. The zero-order valence-electron chi connectivity index (χ0n) is 7.79. The van der Waals surface area contributed by atoms with Gasteiger partial charge in [-0.25, -0.2) is 0 Å². The van der Waals surface area contributed by atoms with Crippen molar-refractivity contribution in [2.24, 2.45) is 0 Å². The lowest BCUT2D eigenvalue weighted by atomic mass is 10.2. The van der Waals surface area contributed by atoms with E-state index >= 15 is 0 Å². The van der Waals surface area contributed by atoms with Crippen molar-refractivity contribution >= 4 is 17.4 Å². The van der Waals surface area contributed by atoms with Crippen LogP contribution < -0.4 is 0 Å². The van der Waals surface area contributed by atoms with E-state index in [0.717, 1.165) is 5.56 Å². The van der Waals surface area contributed by atoms with Crippen LogP contribution in [-0.2, 0) is 4.79 Å². The van der Waals surface area contributed by atoms with Crippen molar-refractivity contribution in [3.8, 4) is 11.8 Å². The molecular formula is C12H11ClO. The molecule has 0 amide bonds. The summed E-state index contributed by atoms with van der Waals surface area (Å²) in [7, 11) is 0. The summed E-state index contributed by atoms with van der Waals surface area (Å²) in [5.74, 6) is 5.86. The van der Waals surface area contributed by atoms with E-state index in [9.17, 15) is 4.79 Å². The van der Waals surface area contributed by atoms with Gasteiger partial charge in [0.1, 0.15) is 0 Å². The molecule has 0 saturated heterocycles. The number of hydrogen-bond donors (Lipinski definition) is 0. The second-order valence-corrected chi connectivity index (χ2v) is 3.21. The van der Waals surface area contributed by atoms with E-state index in [1.807, 2.05) is 30.3 Å². The first-order valence-corrected chi connectivity index (χ1v) is 5.02. The van der Waals surface area contributed by atoms with Gasteiger partial charge in [0.2, 0.25) is 5.78 Å². The van der Waals surface area contributed by atoms with E-state index in [1.165, 1.54) is 0 Å². The average molecular weight is 207 g/mol. The molecular weight excluding hydrogens is 196 g/mol. The smallest absolute Gasteiger partial charge is 0.205 e. The Bertz CT molecular complexity index is 346. The van der Waals surface area contributed by atoms with Gasteiger partial charge in [-0.3, -0.25) is 4.79 Å². The lowest BCUT2D eigenvalue weighted by Crippen LogP contribution is -1.93. The highest BCUT2D eigenvalue weighted by molar-refractivity contribution is 6.18. The van der Waals surface area contributed by atoms with Crippen LogP contribution in [0, 0.1) is 11.8 Å². The Balaban J connectivity index is 2.51. The highest BCUT2D eigenvalue weighted by atomic mass is 35.5. The van der Waals surface area contributed by atoms with Crippen molar-refractivity contribution in [2.75, 3.05) is 5.88 Å². The highest BCUT2D eigenvalue weighted by Gasteiger charge is 1.94. The molecule has 0 atom stereocenters. The molecule has 14 heavy (non-hydrogen) atoms. The summed E-state index contributed by atoms with van der Waals surface area (Å²) in [6, 6.07) is 9.46. The van der Waals surface area contributed by atoms with Crippen molar-refractivity contribution < 1.29 is 4.79 Å². The molecule has 0 aliphatic heterocycles. The topological polar surface area (TPSA) is 17.1 Å². The van der Waals surface area contributed by atoms with E-state index in [2.05, 4.69) is 11.8 Å². The predicted octanol–water partition coefficient (Wildman–Crippen LogP) is 2.63. The third-order valence-corrected chi connectivity index (χ3v) is 1.92. The molecule has 0 heterocycles. The number of Topliss-reactive ketones (excluding diaryl/α,β-unsaturated/α-hetero) is 1. The standard InChI is InChI=1S/C12H11ClO/c13-10-4-7-12(14)9-8-11-5-2-1-3-6-11/h1-3,5-6H,4,7,10H2. The minimum Gasteiger partial charge on any atom is -0.285 e. The molecule has 0 radical (unpaired) electrons. The maximum Gasteiger partial charge on any atom is 0.205 e. The monoisotopic (exact) mass is 206 g/mol. The van der Waals surface area contributed by atoms with Gasteiger partial charge >= 0.3 is 0 Å². The molecule has 0 aromatic heterocycles. The van der Waals surface area contributed by atoms with Crippen LogP contribution in [0.25, 0.3) is 0 Å². The van der Waals surface area contributed by atoms with Gasteiger partial charge in [-0.1, -0.05) is 24.1 Å². The van der Waals surface area contributed by atoms with E-state index in [0.29, 0.717) is 18.7 Å². The summed E-state index contributed by atoms with van der Waals surface area (Å²) in [6.45, 7) is 0. The van der Waals surface area contributed by atoms with E-state index in [1.54, 1.807) is 0 Å². The third kappa shape index (κ3) is 4.11. The lowest BCUT2D eigenvalue weighted by Gasteiger charge is -1.88. The Morgan fingerprint density at radius 1 is 1.29 bits per heavy atom. The van der Waals surface area contributed by atoms with E-state index < -0.39 is 0 Å². The number of benzene rings is 1. The average Bonchev–Trinajstić information content (AvgIpc) is 2.25. The second kappa shape index (κ2) is 6.23. The molecule has 1 rings (SSSR count). The Morgan fingerprint density at radius 2 is 2.00 bits per heavy atom. The van der Waals surface area contributed by atoms with Gasteiger partial charge in [0.25, 0.3) is 0 Å². The molecule has 0 fully saturated rings. The normalized spacial score (nSPS) is 8.93. The highest BCUT2D eigenvalue weighted by Crippen LogP contribution is 1.96. The fourth-order valence-electron chi connectivity index (χ4n) is 0.953. The fraction of sp³-hybridized carbons (Fsp3) is 0.250. The van der Waals surface area contributed by atoms with Crippen LogP contribution >= 0.6 is 11.6 Å². The Hall–Kier alpha value is -1.26. The second-order valence-electron chi connectivity index (χ2n) is 2.83. The summed E-state index contributed by atoms with van der Waals surface area (Å²) < 4.78 is 0. The summed E-state index contributed by atoms with van der Waals surface area (Å²) >= 11 is 5.46. The van der Waals surface area contributed by atoms with Gasteiger partial charge in [0.15, 0.2) is 0 Å². The molecule has 2 heteroatoms. The van der Waals surface area contributed by atoms with Gasteiger partial charge in [0.05, 0.1) is 0 Å². The van der Waals surface area contributed by atoms with Gasteiger partial charge in [-0.2, -0.15) is 0 Å². The molecule has 0 spiro atoms. The summed E-state index contributed by atoms with van der Waals surface area (Å²) in [5, 5.41) is 0. The number of halogens is 1. The van der Waals surface area contributed by atoms with Crippen LogP contribution in [0.2, 0.25) is 0 Å². The molecule has 0 aliphatic carbocycles. The lowest BCUT2D eigenvalue weighted by molar-refractivity contribution is -0.113. The van der Waals surface area contributed by atoms with Crippen LogP contribution in [0.1, 0.15) is 18.4 Å². The van der Waals surface area contributed by atoms with Crippen molar-refractivity contribution in [1.29, 1.82) is 0 Å². The Labute approximate surface area is 89.1 Å². The van der Waals surface area contributed by atoms with Crippen molar-refractivity contribution in [2.45, 2.75) is 12.8 Å². The van der Waals surface area contributed by atoms with E-state index in [-0.39, 0.29) is 5.78 Å². The third-order valence-electron chi connectivity index (χ3n) is 1.66. The minimum absolute atomic E-state index is 0.0468. The van der Waals surface area contributed by atoms with Gasteiger partial charge in [0, 0.05) is 17.9 Å². The molecule has 0 aliphatic rings. The number of carbonyl (C=O) groups is 1. The molecule has 0 unspecified atom stereocenters. The number of alkyl halides is 1. The van der Waals surface area contributed by atoms with Crippen LogP contribution in [0.5, 0.6) is 0 Å². The molecule has 72 valence electrons. The fourth-order valence-corrected chi connectivity index (χ4v) is 1.09. The SMILES string of the molecule is O=C(C#Cc1ccccc1)CCCCl. The number of hydrogen-bond acceptors (Lipinski definition) is 1. The summed E-state index contributed by atoms with van der Waals surface area (Å²) in [5.41, 5.74) is 0.867. The van der Waals surface area contributed by atoms with E-state index in [4.69, 9.17) is 11.6 Å². The first kappa shape index (κ1) is 10.8. The molecule has 0 bridgehead atoms. The quantitative estimate of drug-likeness (QED) is 0.549. The molecule has 1 aromatic rings. The van der Waals surface area contributed by atoms with Gasteiger partial charge in [-0.15, -0.1) is 11.6 Å². The van der Waals surface area contributed by atoms with Crippen LogP contribution in [0.4, 0.5) is 0 Å². The van der Waals surface area contributed by atoms with Crippen LogP contribution in [-0.4, -0.2) is 11.7 Å². The minimum atomic E-state index is -0.0468. The number of carbonyl (C=O) groups excluding carboxylic acids is 1. The first-order valence-electron chi connectivity index (χ1n) is 4.49. The summed E-state index contributed by atoms with van der Waals surface area (Å²) in [4.78, 5) is 11.1. The molecule has 0 N–H and O–H groups in total.